The number of hydrogen-bond donors (Lipinski definition) is 2. The minimum absolute atomic E-state index is 0.0523. The van der Waals surface area contributed by atoms with E-state index in [0.29, 0.717) is 5.75 Å². The molecule has 0 bridgehead atoms. The van der Waals surface area contributed by atoms with Gasteiger partial charge in [-0.2, -0.15) is 0 Å². The predicted octanol–water partition coefficient (Wildman–Crippen LogP) is 3.58. The van der Waals surface area contributed by atoms with E-state index < -0.39 is 11.9 Å². The van der Waals surface area contributed by atoms with Crippen molar-refractivity contribution in [3.63, 3.8) is 0 Å². The van der Waals surface area contributed by atoms with Crippen molar-refractivity contribution in [2.45, 2.75) is 19.9 Å². The third kappa shape index (κ3) is 4.37. The van der Waals surface area contributed by atoms with Crippen LogP contribution in [-0.4, -0.2) is 29.6 Å². The van der Waals surface area contributed by atoms with Crippen molar-refractivity contribution in [2.24, 2.45) is 0 Å². The number of urea groups is 1. The molecule has 6 nitrogen and oxygen atoms in total. The summed E-state index contributed by atoms with van der Waals surface area (Å²) in [5, 5.41) is 5.64. The van der Waals surface area contributed by atoms with Crippen LogP contribution in [0, 0.1) is 0 Å². The van der Waals surface area contributed by atoms with Crippen LogP contribution >= 0.6 is 11.3 Å². The van der Waals surface area contributed by atoms with E-state index in [-0.39, 0.29) is 12.6 Å². The lowest BCUT2D eigenvalue weighted by molar-refractivity contribution is -0.122. The number of benzene rings is 2. The molecule has 0 atom stereocenters. The Kier molecular flexibility index (Phi) is 5.48. The molecule has 0 radical (unpaired) electrons. The first-order valence-corrected chi connectivity index (χ1v) is 9.02. The molecule has 0 fully saturated rings. The van der Waals surface area contributed by atoms with Gasteiger partial charge in [0.25, 0.3) is 5.91 Å². The molecule has 2 N–H and O–H groups in total. The average Bonchev–Trinajstić information content (AvgIpc) is 3.03. The van der Waals surface area contributed by atoms with Gasteiger partial charge in [0.1, 0.15) is 10.8 Å². The molecule has 0 aliphatic rings. The number of aromatic nitrogens is 1. The van der Waals surface area contributed by atoms with Gasteiger partial charge in [-0.15, -0.1) is 11.3 Å². The van der Waals surface area contributed by atoms with Crippen LogP contribution in [0.5, 0.6) is 5.75 Å². The molecule has 0 saturated heterocycles. The molecule has 1 aromatic heterocycles. The highest BCUT2D eigenvalue weighted by Crippen LogP contribution is 2.35. The van der Waals surface area contributed by atoms with Gasteiger partial charge in [-0.1, -0.05) is 24.3 Å². The molecule has 0 saturated carbocycles. The van der Waals surface area contributed by atoms with Crippen molar-refractivity contribution < 1.29 is 14.3 Å². The monoisotopic (exact) mass is 369 g/mol. The summed E-state index contributed by atoms with van der Waals surface area (Å²) < 4.78 is 6.71. The SMILES string of the molecule is CC(C)NC(=O)NC(=O)COc1ccccc1-c1nc2ccccc2s1. The number of carbonyl (C=O) groups is 2. The van der Waals surface area contributed by atoms with Gasteiger partial charge in [0.2, 0.25) is 0 Å². The first kappa shape index (κ1) is 17.9. The van der Waals surface area contributed by atoms with E-state index in [1.807, 2.05) is 56.3 Å². The lowest BCUT2D eigenvalue weighted by Crippen LogP contribution is -2.44. The lowest BCUT2D eigenvalue weighted by Gasteiger charge is -2.11. The topological polar surface area (TPSA) is 80.3 Å². The quantitative estimate of drug-likeness (QED) is 0.720. The maximum Gasteiger partial charge on any atom is 0.321 e. The van der Waals surface area contributed by atoms with Gasteiger partial charge in [-0.3, -0.25) is 10.1 Å². The zero-order valence-corrected chi connectivity index (χ0v) is 15.3. The number of hydrogen-bond acceptors (Lipinski definition) is 5. The largest absolute Gasteiger partial charge is 0.483 e. The summed E-state index contributed by atoms with van der Waals surface area (Å²) >= 11 is 1.56. The maximum absolute atomic E-state index is 11.9. The van der Waals surface area contributed by atoms with E-state index in [9.17, 15) is 9.59 Å². The number of para-hydroxylation sites is 2. The zero-order chi connectivity index (χ0) is 18.5. The summed E-state index contributed by atoms with van der Waals surface area (Å²) in [6.45, 7) is 3.37. The highest BCUT2D eigenvalue weighted by molar-refractivity contribution is 7.21. The fraction of sp³-hybridized carbons (Fsp3) is 0.211. The van der Waals surface area contributed by atoms with E-state index in [1.54, 1.807) is 17.4 Å². The van der Waals surface area contributed by atoms with Crippen molar-refractivity contribution in [3.05, 3.63) is 48.5 Å². The van der Waals surface area contributed by atoms with Crippen molar-refractivity contribution in [2.75, 3.05) is 6.61 Å². The molecule has 0 unspecified atom stereocenters. The van der Waals surface area contributed by atoms with Gasteiger partial charge in [0, 0.05) is 6.04 Å². The number of carbonyl (C=O) groups excluding carboxylic acids is 2. The molecule has 3 aromatic rings. The molecular weight excluding hydrogens is 350 g/mol. The highest BCUT2D eigenvalue weighted by atomic mass is 32.1. The summed E-state index contributed by atoms with van der Waals surface area (Å²) in [5.41, 5.74) is 1.73. The second kappa shape index (κ2) is 7.97. The number of thiazole rings is 1. The third-order valence-corrected chi connectivity index (χ3v) is 4.51. The van der Waals surface area contributed by atoms with E-state index in [4.69, 9.17) is 4.74 Å². The van der Waals surface area contributed by atoms with Gasteiger partial charge < -0.3 is 10.1 Å². The fourth-order valence-electron chi connectivity index (χ4n) is 2.36. The van der Waals surface area contributed by atoms with Crippen LogP contribution in [0.3, 0.4) is 0 Å². The van der Waals surface area contributed by atoms with Crippen molar-refractivity contribution in [3.8, 4) is 16.3 Å². The van der Waals surface area contributed by atoms with Gasteiger partial charge in [-0.25, -0.2) is 9.78 Å². The summed E-state index contributed by atoms with van der Waals surface area (Å²) in [5.74, 6) is 0.0354. The minimum atomic E-state index is -0.534. The minimum Gasteiger partial charge on any atom is -0.483 e. The summed E-state index contributed by atoms with van der Waals surface area (Å²) in [6.07, 6.45) is 0. The Labute approximate surface area is 155 Å². The molecule has 0 spiro atoms. The normalized spacial score (nSPS) is 10.7. The number of rotatable bonds is 5. The van der Waals surface area contributed by atoms with Gasteiger partial charge in [-0.05, 0) is 38.1 Å². The number of amides is 3. The van der Waals surface area contributed by atoms with Gasteiger partial charge in [0.05, 0.1) is 15.8 Å². The molecule has 0 aliphatic heterocycles. The Hall–Kier alpha value is -2.93. The number of imide groups is 1. The number of ether oxygens (including phenoxy) is 1. The molecular formula is C19H19N3O3S. The Morgan fingerprint density at radius 2 is 1.85 bits per heavy atom. The standard InChI is InChI=1S/C19H19N3O3S/c1-12(2)20-19(24)22-17(23)11-25-15-9-5-3-7-13(15)18-21-14-8-4-6-10-16(14)26-18/h3-10,12H,11H2,1-2H3,(H2,20,22,23,24). The van der Waals surface area contributed by atoms with Crippen LogP contribution < -0.4 is 15.4 Å². The molecule has 3 amide bonds. The number of fused-ring (bicyclic) bond motifs is 1. The predicted molar refractivity (Wildman–Crippen MR) is 102 cm³/mol. The molecule has 26 heavy (non-hydrogen) atoms. The van der Waals surface area contributed by atoms with Crippen LogP contribution in [0.15, 0.2) is 48.5 Å². The zero-order valence-electron chi connectivity index (χ0n) is 14.5. The van der Waals surface area contributed by atoms with Crippen LogP contribution in [0.4, 0.5) is 4.79 Å². The van der Waals surface area contributed by atoms with Crippen LogP contribution in [0.1, 0.15) is 13.8 Å². The first-order chi connectivity index (χ1) is 12.5. The second-order valence-corrected chi connectivity index (χ2v) is 6.98. The Balaban J connectivity index is 1.71. The molecule has 0 aliphatic carbocycles. The van der Waals surface area contributed by atoms with Crippen LogP contribution in [0.2, 0.25) is 0 Å². The number of nitrogens with zero attached hydrogens (tertiary/aromatic N) is 1. The van der Waals surface area contributed by atoms with Crippen LogP contribution in [0.25, 0.3) is 20.8 Å². The lowest BCUT2D eigenvalue weighted by atomic mass is 10.2. The Morgan fingerprint density at radius 3 is 2.62 bits per heavy atom. The van der Waals surface area contributed by atoms with Gasteiger partial charge in [0.15, 0.2) is 6.61 Å². The molecule has 134 valence electrons. The Morgan fingerprint density at radius 1 is 1.12 bits per heavy atom. The van der Waals surface area contributed by atoms with E-state index in [0.717, 1.165) is 20.8 Å². The summed E-state index contributed by atoms with van der Waals surface area (Å²) in [6, 6.07) is 14.7. The molecule has 3 rings (SSSR count). The number of nitrogens with one attached hydrogen (secondary N) is 2. The third-order valence-electron chi connectivity index (χ3n) is 3.44. The van der Waals surface area contributed by atoms with Crippen molar-refractivity contribution in [1.29, 1.82) is 0 Å². The smallest absolute Gasteiger partial charge is 0.321 e. The molecule has 2 aromatic carbocycles. The average molecular weight is 369 g/mol. The molecule has 1 heterocycles. The van der Waals surface area contributed by atoms with Crippen LogP contribution in [-0.2, 0) is 4.79 Å². The maximum atomic E-state index is 11.9. The van der Waals surface area contributed by atoms with Crippen molar-refractivity contribution in [1.82, 2.24) is 15.6 Å². The Bertz CT molecular complexity index is 903. The first-order valence-electron chi connectivity index (χ1n) is 8.21. The molecule has 7 heteroatoms. The van der Waals surface area contributed by atoms with Gasteiger partial charge >= 0.3 is 6.03 Å². The fourth-order valence-corrected chi connectivity index (χ4v) is 3.36. The highest BCUT2D eigenvalue weighted by Gasteiger charge is 2.14. The summed E-state index contributed by atoms with van der Waals surface area (Å²) in [7, 11) is 0. The summed E-state index contributed by atoms with van der Waals surface area (Å²) in [4.78, 5) is 28.1. The van der Waals surface area contributed by atoms with E-state index >= 15 is 0 Å². The van der Waals surface area contributed by atoms with E-state index in [2.05, 4.69) is 15.6 Å². The second-order valence-electron chi connectivity index (χ2n) is 5.95. The van der Waals surface area contributed by atoms with E-state index in [1.165, 1.54) is 0 Å². The van der Waals surface area contributed by atoms with Crippen molar-refractivity contribution >= 4 is 33.5 Å².